The van der Waals surface area contributed by atoms with Crippen molar-refractivity contribution in [1.29, 1.82) is 0 Å². The summed E-state index contributed by atoms with van der Waals surface area (Å²) in [4.78, 5) is 14.3. The molecule has 4 heteroatoms. The summed E-state index contributed by atoms with van der Waals surface area (Å²) in [6.07, 6.45) is 3.35. The number of carbonyl (C=O) groups excluding carboxylic acids is 1. The van der Waals surface area contributed by atoms with Gasteiger partial charge in [0.2, 0.25) is 5.91 Å². The Morgan fingerprint density at radius 1 is 1.16 bits per heavy atom. The summed E-state index contributed by atoms with van der Waals surface area (Å²) in [5.74, 6) is -0.0370. The number of hydrogen-bond acceptors (Lipinski definition) is 3. The number of carbonyl (C=O) groups is 1. The van der Waals surface area contributed by atoms with Gasteiger partial charge in [0.1, 0.15) is 0 Å². The molecule has 0 aliphatic rings. The lowest BCUT2D eigenvalue weighted by Crippen LogP contribution is -2.49. The van der Waals surface area contributed by atoms with Crippen molar-refractivity contribution in [3.8, 4) is 0 Å². The number of nitrogens with one attached hydrogen (secondary N) is 1. The van der Waals surface area contributed by atoms with Crippen molar-refractivity contribution in [2.75, 3.05) is 26.2 Å². The molecular formula is C15H33N3O. The van der Waals surface area contributed by atoms with Crippen LogP contribution in [-0.4, -0.2) is 43.0 Å². The summed E-state index contributed by atoms with van der Waals surface area (Å²) in [6, 6.07) is -0.435. The Bertz CT molecular complexity index is 242. The molecule has 0 aromatic rings. The molecule has 0 aliphatic heterocycles. The molecule has 1 amide bonds. The predicted octanol–water partition coefficient (Wildman–Crippen LogP) is 1.99. The predicted molar refractivity (Wildman–Crippen MR) is 82.1 cm³/mol. The second kappa shape index (κ2) is 9.32. The van der Waals surface area contributed by atoms with Crippen LogP contribution in [0.1, 0.15) is 53.9 Å². The van der Waals surface area contributed by atoms with E-state index in [-0.39, 0.29) is 11.3 Å². The lowest BCUT2D eigenvalue weighted by Gasteiger charge is -2.26. The molecule has 0 rings (SSSR count). The van der Waals surface area contributed by atoms with Gasteiger partial charge in [-0.1, -0.05) is 34.6 Å². The molecule has 0 fully saturated rings. The van der Waals surface area contributed by atoms with Crippen molar-refractivity contribution in [2.45, 2.75) is 59.9 Å². The molecule has 0 saturated carbocycles. The number of nitrogens with zero attached hydrogens (tertiary/aromatic N) is 1. The Hall–Kier alpha value is -0.610. The summed E-state index contributed by atoms with van der Waals surface area (Å²) in [5.41, 5.74) is 5.73. The molecule has 0 unspecified atom stereocenters. The summed E-state index contributed by atoms with van der Waals surface area (Å²) in [7, 11) is 0. The third-order valence-corrected chi connectivity index (χ3v) is 3.25. The average Bonchev–Trinajstić information content (AvgIpc) is 2.32. The molecule has 0 spiro atoms. The van der Waals surface area contributed by atoms with Crippen LogP contribution in [0.3, 0.4) is 0 Å². The molecule has 0 radical (unpaired) electrons. The SMILES string of the molecule is CCCN(CCC)CCCNC(=O)[C@@H](N)C(C)(C)C. The number of rotatable bonds is 9. The zero-order valence-electron chi connectivity index (χ0n) is 13.5. The quantitative estimate of drug-likeness (QED) is 0.631. The zero-order chi connectivity index (χ0) is 14.9. The van der Waals surface area contributed by atoms with Crippen LogP contribution in [0.5, 0.6) is 0 Å². The standard InChI is InChI=1S/C15H33N3O/c1-6-10-18(11-7-2)12-8-9-17-14(19)13(16)15(3,4)5/h13H,6-12,16H2,1-5H3,(H,17,19)/t13-/m1/s1. The minimum atomic E-state index is -0.435. The molecule has 4 nitrogen and oxygen atoms in total. The highest BCUT2D eigenvalue weighted by molar-refractivity contribution is 5.82. The number of nitrogens with two attached hydrogens (primary N) is 1. The topological polar surface area (TPSA) is 58.4 Å². The minimum absolute atomic E-state index is 0.0370. The molecule has 0 aromatic carbocycles. The van der Waals surface area contributed by atoms with Crippen molar-refractivity contribution in [1.82, 2.24) is 10.2 Å². The molecule has 0 heterocycles. The fraction of sp³-hybridized carbons (Fsp3) is 0.933. The zero-order valence-corrected chi connectivity index (χ0v) is 13.5. The minimum Gasteiger partial charge on any atom is -0.355 e. The van der Waals surface area contributed by atoms with E-state index in [0.717, 1.165) is 26.1 Å². The van der Waals surface area contributed by atoms with E-state index in [9.17, 15) is 4.79 Å². The molecule has 19 heavy (non-hydrogen) atoms. The van der Waals surface area contributed by atoms with Gasteiger partial charge in [-0.3, -0.25) is 4.79 Å². The van der Waals surface area contributed by atoms with Gasteiger partial charge in [-0.25, -0.2) is 0 Å². The molecule has 0 saturated heterocycles. The van der Waals surface area contributed by atoms with Crippen LogP contribution in [-0.2, 0) is 4.79 Å². The van der Waals surface area contributed by atoms with E-state index in [0.29, 0.717) is 6.54 Å². The monoisotopic (exact) mass is 271 g/mol. The van der Waals surface area contributed by atoms with Crippen LogP contribution in [0.2, 0.25) is 0 Å². The van der Waals surface area contributed by atoms with Gasteiger partial charge in [0, 0.05) is 6.54 Å². The van der Waals surface area contributed by atoms with E-state index in [4.69, 9.17) is 5.73 Å². The smallest absolute Gasteiger partial charge is 0.237 e. The highest BCUT2D eigenvalue weighted by Crippen LogP contribution is 2.16. The summed E-state index contributed by atoms with van der Waals surface area (Å²) >= 11 is 0. The first-order valence-electron chi connectivity index (χ1n) is 7.58. The van der Waals surface area contributed by atoms with Crippen molar-refractivity contribution in [3.05, 3.63) is 0 Å². The maximum atomic E-state index is 11.8. The first-order chi connectivity index (χ1) is 8.82. The Labute approximate surface area is 119 Å². The van der Waals surface area contributed by atoms with Gasteiger partial charge in [-0.15, -0.1) is 0 Å². The molecule has 3 N–H and O–H groups in total. The van der Waals surface area contributed by atoms with Crippen LogP contribution in [0.15, 0.2) is 0 Å². The van der Waals surface area contributed by atoms with Gasteiger partial charge in [0.25, 0.3) is 0 Å². The molecule has 114 valence electrons. The van der Waals surface area contributed by atoms with Gasteiger partial charge in [-0.2, -0.15) is 0 Å². The van der Waals surface area contributed by atoms with E-state index in [1.807, 2.05) is 20.8 Å². The van der Waals surface area contributed by atoms with Crippen molar-refractivity contribution in [2.24, 2.45) is 11.1 Å². The fourth-order valence-corrected chi connectivity index (χ4v) is 1.99. The molecule has 1 atom stereocenters. The van der Waals surface area contributed by atoms with Gasteiger partial charge in [0.15, 0.2) is 0 Å². The second-order valence-electron chi connectivity index (χ2n) is 6.33. The number of hydrogen-bond donors (Lipinski definition) is 2. The Kier molecular flexibility index (Phi) is 9.02. The van der Waals surface area contributed by atoms with E-state index < -0.39 is 6.04 Å². The lowest BCUT2D eigenvalue weighted by molar-refractivity contribution is -0.124. The second-order valence-corrected chi connectivity index (χ2v) is 6.33. The Balaban J connectivity index is 3.87. The molecule has 0 aromatic heterocycles. The lowest BCUT2D eigenvalue weighted by atomic mass is 9.87. The van der Waals surface area contributed by atoms with E-state index in [2.05, 4.69) is 24.1 Å². The van der Waals surface area contributed by atoms with Gasteiger partial charge >= 0.3 is 0 Å². The third-order valence-electron chi connectivity index (χ3n) is 3.25. The summed E-state index contributed by atoms with van der Waals surface area (Å²) < 4.78 is 0. The fourth-order valence-electron chi connectivity index (χ4n) is 1.99. The van der Waals surface area contributed by atoms with Gasteiger partial charge in [-0.05, 0) is 44.3 Å². The van der Waals surface area contributed by atoms with Gasteiger partial charge < -0.3 is 16.0 Å². The Morgan fingerprint density at radius 2 is 1.68 bits per heavy atom. The summed E-state index contributed by atoms with van der Waals surface area (Å²) in [6.45, 7) is 14.4. The Morgan fingerprint density at radius 3 is 2.11 bits per heavy atom. The van der Waals surface area contributed by atoms with Crippen LogP contribution >= 0.6 is 0 Å². The molecular weight excluding hydrogens is 238 g/mol. The van der Waals surface area contributed by atoms with E-state index >= 15 is 0 Å². The van der Waals surface area contributed by atoms with Crippen molar-refractivity contribution < 1.29 is 4.79 Å². The van der Waals surface area contributed by atoms with Crippen LogP contribution in [0, 0.1) is 5.41 Å². The molecule has 0 bridgehead atoms. The van der Waals surface area contributed by atoms with Crippen LogP contribution in [0.4, 0.5) is 0 Å². The van der Waals surface area contributed by atoms with Gasteiger partial charge in [0.05, 0.1) is 6.04 Å². The highest BCUT2D eigenvalue weighted by atomic mass is 16.2. The highest BCUT2D eigenvalue weighted by Gasteiger charge is 2.26. The maximum Gasteiger partial charge on any atom is 0.237 e. The third kappa shape index (κ3) is 8.22. The van der Waals surface area contributed by atoms with Crippen molar-refractivity contribution in [3.63, 3.8) is 0 Å². The largest absolute Gasteiger partial charge is 0.355 e. The maximum absolute atomic E-state index is 11.8. The van der Waals surface area contributed by atoms with E-state index in [1.165, 1.54) is 12.8 Å². The van der Waals surface area contributed by atoms with Crippen molar-refractivity contribution >= 4 is 5.91 Å². The number of amides is 1. The average molecular weight is 271 g/mol. The van der Waals surface area contributed by atoms with Crippen LogP contribution in [0.25, 0.3) is 0 Å². The summed E-state index contributed by atoms with van der Waals surface area (Å²) in [5, 5.41) is 2.94. The van der Waals surface area contributed by atoms with Crippen LogP contribution < -0.4 is 11.1 Å². The first kappa shape index (κ1) is 18.4. The first-order valence-corrected chi connectivity index (χ1v) is 7.58. The normalized spacial score (nSPS) is 13.6. The van der Waals surface area contributed by atoms with E-state index in [1.54, 1.807) is 0 Å². The molecule has 0 aliphatic carbocycles.